The second kappa shape index (κ2) is 8.90. The van der Waals surface area contributed by atoms with E-state index in [0.717, 1.165) is 0 Å². The summed E-state index contributed by atoms with van der Waals surface area (Å²) >= 11 is 0. The topological polar surface area (TPSA) is 21.5 Å². The molecule has 1 fully saturated rings. The summed E-state index contributed by atoms with van der Waals surface area (Å²) in [7, 11) is 0. The monoisotopic (exact) mass is 498 g/mol. The Morgan fingerprint density at radius 2 is 1.34 bits per heavy atom. The molecule has 3 nitrogen and oxygen atoms in total. The molecular formula is C35H32NO2+. The Morgan fingerprint density at radius 3 is 2.08 bits per heavy atom. The van der Waals surface area contributed by atoms with Crippen LogP contribution in [0.25, 0.3) is 32.7 Å². The molecule has 0 unspecified atom stereocenters. The van der Waals surface area contributed by atoms with Crippen LogP contribution < -0.4 is 0 Å². The zero-order valence-corrected chi connectivity index (χ0v) is 22.1. The zero-order valence-electron chi connectivity index (χ0n) is 22.1. The van der Waals surface area contributed by atoms with Gasteiger partial charge in [-0.25, -0.2) is 4.58 Å². The fourth-order valence-electron chi connectivity index (χ4n) is 6.37. The molecule has 0 N–H and O–H groups in total. The maximum Gasteiger partial charge on any atom is 0.206 e. The molecule has 1 saturated heterocycles. The van der Waals surface area contributed by atoms with E-state index in [-0.39, 0.29) is 18.2 Å². The maximum atomic E-state index is 6.65. The van der Waals surface area contributed by atoms with Gasteiger partial charge < -0.3 is 9.47 Å². The molecule has 0 aromatic heterocycles. The third-order valence-electron chi connectivity index (χ3n) is 8.23. The number of rotatable bonds is 2. The Kier molecular flexibility index (Phi) is 5.47. The lowest BCUT2D eigenvalue weighted by atomic mass is 9.86. The lowest BCUT2D eigenvalue weighted by molar-refractivity contribution is -0.626. The first-order valence-electron chi connectivity index (χ1n) is 13.5. The smallest absolute Gasteiger partial charge is 0.206 e. The Hall–Kier alpha value is -3.79. The van der Waals surface area contributed by atoms with Crippen LogP contribution in [0.1, 0.15) is 49.6 Å². The van der Waals surface area contributed by atoms with E-state index in [4.69, 9.17) is 9.47 Å². The highest BCUT2D eigenvalue weighted by Gasteiger charge is 2.46. The first kappa shape index (κ1) is 23.3. The van der Waals surface area contributed by atoms with Crippen molar-refractivity contribution >= 4 is 27.8 Å². The number of hydrogen-bond acceptors (Lipinski definition) is 2. The highest BCUT2D eigenvalue weighted by molar-refractivity contribution is 6.12. The highest BCUT2D eigenvalue weighted by Crippen LogP contribution is 2.45. The fourth-order valence-corrected chi connectivity index (χ4v) is 6.37. The van der Waals surface area contributed by atoms with Crippen molar-refractivity contribution in [3.8, 4) is 11.1 Å². The van der Waals surface area contributed by atoms with Crippen molar-refractivity contribution in [2.24, 2.45) is 0 Å². The van der Waals surface area contributed by atoms with Crippen molar-refractivity contribution in [2.75, 3.05) is 6.61 Å². The van der Waals surface area contributed by atoms with E-state index in [1.807, 2.05) is 13.8 Å². The molecule has 2 aliphatic rings. The van der Waals surface area contributed by atoms with Gasteiger partial charge in [0.15, 0.2) is 18.0 Å². The number of ether oxygens (including phenoxy) is 2. The molecule has 188 valence electrons. The summed E-state index contributed by atoms with van der Waals surface area (Å²) in [6, 6.07) is 37.3. The van der Waals surface area contributed by atoms with Gasteiger partial charge in [-0.1, -0.05) is 97.1 Å². The second-order valence-corrected chi connectivity index (χ2v) is 11.0. The molecule has 5 aromatic rings. The Bertz CT molecular complexity index is 1700. The van der Waals surface area contributed by atoms with E-state index >= 15 is 0 Å². The summed E-state index contributed by atoms with van der Waals surface area (Å²) in [6.45, 7) is 6.93. The van der Waals surface area contributed by atoms with Gasteiger partial charge in [0.05, 0.1) is 0 Å². The van der Waals surface area contributed by atoms with Gasteiger partial charge >= 0.3 is 0 Å². The van der Waals surface area contributed by atoms with Crippen LogP contribution in [0.15, 0.2) is 103 Å². The van der Waals surface area contributed by atoms with E-state index < -0.39 is 5.79 Å². The van der Waals surface area contributed by atoms with Crippen LogP contribution in [0.4, 0.5) is 0 Å². The number of fused-ring (bicyclic) bond motifs is 7. The first-order chi connectivity index (χ1) is 18.5. The standard InChI is InChI=1S/C35H32NO2/c1-23-28-20-19-25-12-8-10-16-30(25)33(28)32-27(18-17-24-11-7-9-15-29(24)32)21-36(23)31-22-37-35(2,3)38-34(31)26-13-5-4-6-14-26/h4-21,23,31,34H,22H2,1-3H3/q+1/t23-,31-,34-/m0/s1. The van der Waals surface area contributed by atoms with E-state index in [0.29, 0.717) is 6.61 Å². The lowest BCUT2D eigenvalue weighted by Gasteiger charge is -2.40. The van der Waals surface area contributed by atoms with E-state index in [1.165, 1.54) is 49.4 Å². The minimum absolute atomic E-state index is 0.0113. The maximum absolute atomic E-state index is 6.65. The van der Waals surface area contributed by atoms with E-state index in [1.54, 1.807) is 0 Å². The molecule has 0 radical (unpaired) electrons. The van der Waals surface area contributed by atoms with E-state index in [2.05, 4.69) is 121 Å². The molecule has 0 spiro atoms. The summed E-state index contributed by atoms with van der Waals surface area (Å²) in [5.41, 5.74) is 6.36. The largest absolute Gasteiger partial charge is 0.343 e. The second-order valence-electron chi connectivity index (χ2n) is 11.0. The molecule has 2 heterocycles. The molecule has 38 heavy (non-hydrogen) atoms. The van der Waals surface area contributed by atoms with Crippen LogP contribution in [0, 0.1) is 0 Å². The highest BCUT2D eigenvalue weighted by atomic mass is 16.7. The van der Waals surface area contributed by atoms with E-state index in [9.17, 15) is 0 Å². The van der Waals surface area contributed by atoms with Crippen molar-refractivity contribution in [3.05, 3.63) is 120 Å². The summed E-state index contributed by atoms with van der Waals surface area (Å²) in [5, 5.41) is 5.10. The molecular weight excluding hydrogens is 466 g/mol. The molecule has 0 saturated carbocycles. The molecule has 2 aliphatic heterocycles. The van der Waals surface area contributed by atoms with Gasteiger partial charge in [-0.05, 0) is 47.0 Å². The Balaban J connectivity index is 1.50. The average Bonchev–Trinajstić information content (AvgIpc) is 3.07. The lowest BCUT2D eigenvalue weighted by Crippen LogP contribution is -2.49. The number of nitrogens with zero attached hydrogens (tertiary/aromatic N) is 1. The minimum atomic E-state index is -0.645. The van der Waals surface area contributed by atoms with Crippen molar-refractivity contribution in [1.82, 2.24) is 0 Å². The Morgan fingerprint density at radius 1 is 0.711 bits per heavy atom. The van der Waals surface area contributed by atoms with Gasteiger partial charge in [0.2, 0.25) is 6.04 Å². The predicted octanol–water partition coefficient (Wildman–Crippen LogP) is 8.06. The third kappa shape index (κ3) is 3.77. The molecule has 5 aromatic carbocycles. The molecule has 7 rings (SSSR count). The quantitative estimate of drug-likeness (QED) is 0.230. The molecule has 0 amide bonds. The summed E-state index contributed by atoms with van der Waals surface area (Å²) in [4.78, 5) is 0. The molecule has 0 bridgehead atoms. The van der Waals surface area contributed by atoms with Gasteiger partial charge in [0.1, 0.15) is 12.7 Å². The third-order valence-corrected chi connectivity index (χ3v) is 8.23. The van der Waals surface area contributed by atoms with Crippen LogP contribution in [-0.2, 0) is 9.47 Å². The van der Waals surface area contributed by atoms with Crippen LogP contribution >= 0.6 is 0 Å². The van der Waals surface area contributed by atoms with Crippen LogP contribution in [0.3, 0.4) is 0 Å². The zero-order chi connectivity index (χ0) is 25.9. The number of hydrogen-bond donors (Lipinski definition) is 0. The normalized spacial score (nSPS) is 22.4. The average molecular weight is 499 g/mol. The van der Waals surface area contributed by atoms with Crippen LogP contribution in [0.2, 0.25) is 0 Å². The first-order valence-corrected chi connectivity index (χ1v) is 13.5. The predicted molar refractivity (Wildman–Crippen MR) is 155 cm³/mol. The fraction of sp³-hybridized carbons (Fsp3) is 0.229. The van der Waals surface area contributed by atoms with Crippen molar-refractivity contribution in [3.63, 3.8) is 0 Å². The van der Waals surface area contributed by atoms with Crippen molar-refractivity contribution in [1.29, 1.82) is 0 Å². The van der Waals surface area contributed by atoms with Crippen LogP contribution in [0.5, 0.6) is 0 Å². The van der Waals surface area contributed by atoms with Gasteiger partial charge in [-0.15, -0.1) is 0 Å². The Labute approximate surface area is 224 Å². The summed E-state index contributed by atoms with van der Waals surface area (Å²) in [5.74, 6) is -0.645. The summed E-state index contributed by atoms with van der Waals surface area (Å²) < 4.78 is 15.4. The van der Waals surface area contributed by atoms with Gasteiger partial charge in [0.25, 0.3) is 0 Å². The van der Waals surface area contributed by atoms with Gasteiger partial charge in [0, 0.05) is 29.2 Å². The molecule has 0 aliphatic carbocycles. The van der Waals surface area contributed by atoms with Crippen molar-refractivity contribution < 1.29 is 14.0 Å². The molecule has 3 atom stereocenters. The number of benzene rings is 5. The van der Waals surface area contributed by atoms with Gasteiger partial charge in [-0.3, -0.25) is 0 Å². The van der Waals surface area contributed by atoms with Crippen LogP contribution in [-0.4, -0.2) is 29.2 Å². The molecule has 3 heteroatoms. The summed E-state index contributed by atoms with van der Waals surface area (Å²) in [6.07, 6.45) is 2.23. The van der Waals surface area contributed by atoms with Crippen molar-refractivity contribution in [2.45, 2.75) is 44.7 Å². The van der Waals surface area contributed by atoms with Gasteiger partial charge in [-0.2, -0.15) is 0 Å². The minimum Gasteiger partial charge on any atom is -0.343 e. The SMILES string of the molecule is C[C@H]1c2ccc3ccccc3c2-c2c(ccc3ccccc23)C=[N+]1[C@H]1COC(C)(C)O[C@H]1c1ccccc1.